The van der Waals surface area contributed by atoms with Crippen LogP contribution in [0, 0.1) is 5.41 Å². The van der Waals surface area contributed by atoms with Gasteiger partial charge >= 0.3 is 0 Å². The maximum atomic E-state index is 6.01. The number of guanidine groups is 1. The number of morpholine rings is 1. The van der Waals surface area contributed by atoms with Crippen LogP contribution in [-0.4, -0.2) is 86.5 Å². The Labute approximate surface area is 194 Å². The second-order valence-corrected chi connectivity index (χ2v) is 10.2. The summed E-state index contributed by atoms with van der Waals surface area (Å²) >= 11 is 0. The van der Waals surface area contributed by atoms with Crippen molar-refractivity contribution < 1.29 is 9.47 Å². The van der Waals surface area contributed by atoms with E-state index in [1.807, 2.05) is 7.05 Å². The Morgan fingerprint density at radius 3 is 2.45 bits per heavy atom. The quantitative estimate of drug-likeness (QED) is 0.352. The van der Waals surface area contributed by atoms with Gasteiger partial charge in [0.15, 0.2) is 5.96 Å². The van der Waals surface area contributed by atoms with E-state index in [-0.39, 0.29) is 35.1 Å². The lowest BCUT2D eigenvalue weighted by Crippen LogP contribution is -2.63. The van der Waals surface area contributed by atoms with Crippen molar-refractivity contribution in [2.45, 2.75) is 69.9 Å². The fraction of sp³-hybridized carbons (Fsp3) is 0.955. The summed E-state index contributed by atoms with van der Waals surface area (Å²) in [7, 11) is 1.93. The van der Waals surface area contributed by atoms with Gasteiger partial charge in [-0.3, -0.25) is 9.89 Å². The number of hydrogen-bond acceptors (Lipinski definition) is 4. The number of rotatable bonds is 3. The molecule has 6 nitrogen and oxygen atoms in total. The average Bonchev–Trinajstić information content (AvgIpc) is 3.32. The van der Waals surface area contributed by atoms with Crippen LogP contribution in [-0.2, 0) is 9.47 Å². The number of likely N-dealkylation sites (tertiary alicyclic amines) is 1. The highest BCUT2D eigenvalue weighted by molar-refractivity contribution is 14.0. The van der Waals surface area contributed by atoms with E-state index < -0.39 is 0 Å². The van der Waals surface area contributed by atoms with Crippen LogP contribution in [0.1, 0.15) is 58.8 Å². The Morgan fingerprint density at radius 1 is 1.00 bits per heavy atom. The molecule has 4 rings (SSSR count). The zero-order chi connectivity index (χ0) is 19.7. The first-order valence-corrected chi connectivity index (χ1v) is 11.4. The minimum absolute atomic E-state index is 0. The third-order valence-electron chi connectivity index (χ3n) is 7.59. The molecule has 3 aliphatic heterocycles. The first kappa shape index (κ1) is 23.5. The predicted molar refractivity (Wildman–Crippen MR) is 128 cm³/mol. The normalized spacial score (nSPS) is 32.4. The fourth-order valence-electron chi connectivity index (χ4n) is 5.90. The second-order valence-electron chi connectivity index (χ2n) is 10.2. The summed E-state index contributed by atoms with van der Waals surface area (Å²) in [5.41, 5.74) is 0.561. The SMILES string of the molecule is CN=C(NCC1(N2CCOC(C)(C)C2)CCCCC1)N1CCC2(CCOC2)C1.I. The first-order chi connectivity index (χ1) is 13.5. The molecule has 1 N–H and O–H groups in total. The molecule has 0 aromatic rings. The monoisotopic (exact) mass is 520 g/mol. The molecule has 0 bridgehead atoms. The van der Waals surface area contributed by atoms with Crippen molar-refractivity contribution in [3.8, 4) is 0 Å². The molecule has 0 radical (unpaired) electrons. The van der Waals surface area contributed by atoms with E-state index in [1.165, 1.54) is 44.9 Å². The Hall–Kier alpha value is -0.120. The average molecular weight is 521 g/mol. The van der Waals surface area contributed by atoms with Crippen molar-refractivity contribution in [3.63, 3.8) is 0 Å². The van der Waals surface area contributed by atoms with Crippen LogP contribution < -0.4 is 5.32 Å². The molecule has 1 unspecified atom stereocenters. The molecule has 29 heavy (non-hydrogen) atoms. The summed E-state index contributed by atoms with van der Waals surface area (Å²) in [6, 6.07) is 0. The van der Waals surface area contributed by atoms with Gasteiger partial charge < -0.3 is 19.7 Å². The molecular formula is C22H41IN4O2. The molecule has 3 saturated heterocycles. The second kappa shape index (κ2) is 9.57. The van der Waals surface area contributed by atoms with Crippen molar-refractivity contribution in [1.82, 2.24) is 15.1 Å². The summed E-state index contributed by atoms with van der Waals surface area (Å²) in [5.74, 6) is 1.08. The summed E-state index contributed by atoms with van der Waals surface area (Å²) in [6.07, 6.45) is 9.04. The van der Waals surface area contributed by atoms with Crippen molar-refractivity contribution in [1.29, 1.82) is 0 Å². The summed E-state index contributed by atoms with van der Waals surface area (Å²) in [5, 5.41) is 3.81. The minimum atomic E-state index is -0.0474. The number of ether oxygens (including phenoxy) is 2. The van der Waals surface area contributed by atoms with Crippen molar-refractivity contribution in [3.05, 3.63) is 0 Å². The molecule has 0 aromatic carbocycles. The van der Waals surface area contributed by atoms with Gasteiger partial charge in [0.2, 0.25) is 0 Å². The minimum Gasteiger partial charge on any atom is -0.381 e. The molecule has 0 aromatic heterocycles. The van der Waals surface area contributed by atoms with Crippen molar-refractivity contribution in [2.24, 2.45) is 10.4 Å². The number of nitrogens with one attached hydrogen (secondary N) is 1. The third-order valence-corrected chi connectivity index (χ3v) is 7.59. The van der Waals surface area contributed by atoms with E-state index in [2.05, 4.69) is 34.0 Å². The van der Waals surface area contributed by atoms with E-state index >= 15 is 0 Å². The van der Waals surface area contributed by atoms with Gasteiger partial charge in [-0.25, -0.2) is 0 Å². The van der Waals surface area contributed by atoms with Gasteiger partial charge in [-0.15, -0.1) is 24.0 Å². The van der Waals surface area contributed by atoms with E-state index in [0.29, 0.717) is 5.41 Å². The fourth-order valence-corrected chi connectivity index (χ4v) is 5.90. The molecule has 7 heteroatoms. The van der Waals surface area contributed by atoms with Gasteiger partial charge in [0.05, 0.1) is 18.8 Å². The van der Waals surface area contributed by atoms with Crippen LogP contribution in [0.2, 0.25) is 0 Å². The topological polar surface area (TPSA) is 49.3 Å². The Kier molecular flexibility index (Phi) is 7.77. The zero-order valence-electron chi connectivity index (χ0n) is 18.7. The third kappa shape index (κ3) is 5.21. The van der Waals surface area contributed by atoms with E-state index in [0.717, 1.165) is 58.5 Å². The van der Waals surface area contributed by atoms with Gasteiger partial charge in [-0.05, 0) is 39.5 Å². The number of hydrogen-bond donors (Lipinski definition) is 1. The van der Waals surface area contributed by atoms with Gasteiger partial charge in [0.1, 0.15) is 0 Å². The maximum Gasteiger partial charge on any atom is 0.193 e. The van der Waals surface area contributed by atoms with Crippen LogP contribution in [0.25, 0.3) is 0 Å². The van der Waals surface area contributed by atoms with E-state index in [4.69, 9.17) is 9.47 Å². The van der Waals surface area contributed by atoms with Gasteiger partial charge in [-0.1, -0.05) is 19.3 Å². The lowest BCUT2D eigenvalue weighted by molar-refractivity contribution is -0.122. The summed E-state index contributed by atoms with van der Waals surface area (Å²) in [6.45, 7) is 12.4. The van der Waals surface area contributed by atoms with Gasteiger partial charge in [-0.2, -0.15) is 0 Å². The Balaban J connectivity index is 0.00000240. The summed E-state index contributed by atoms with van der Waals surface area (Å²) < 4.78 is 11.7. The van der Waals surface area contributed by atoms with Crippen LogP contribution >= 0.6 is 24.0 Å². The highest BCUT2D eigenvalue weighted by Gasteiger charge is 2.44. The maximum absolute atomic E-state index is 6.01. The molecule has 168 valence electrons. The lowest BCUT2D eigenvalue weighted by atomic mass is 9.79. The van der Waals surface area contributed by atoms with Crippen LogP contribution in [0.15, 0.2) is 4.99 Å². The molecule has 1 saturated carbocycles. The van der Waals surface area contributed by atoms with E-state index in [1.54, 1.807) is 0 Å². The van der Waals surface area contributed by atoms with Gasteiger partial charge in [0.25, 0.3) is 0 Å². The molecule has 0 amide bonds. The predicted octanol–water partition coefficient (Wildman–Crippen LogP) is 3.11. The standard InChI is InChI=1S/C22H40N4O2.HI/c1-20(2)16-26(12-14-28-20)22(7-5-4-6-8-22)15-24-19(23-3)25-11-9-21(17-25)10-13-27-18-21;/h4-18H2,1-3H3,(H,23,24);1H. The van der Waals surface area contributed by atoms with Crippen molar-refractivity contribution in [2.75, 3.05) is 59.6 Å². The Morgan fingerprint density at radius 2 is 1.79 bits per heavy atom. The molecular weight excluding hydrogens is 479 g/mol. The van der Waals surface area contributed by atoms with Crippen LogP contribution in [0.5, 0.6) is 0 Å². The van der Waals surface area contributed by atoms with E-state index in [9.17, 15) is 0 Å². The number of halogens is 1. The molecule has 3 heterocycles. The zero-order valence-corrected chi connectivity index (χ0v) is 21.0. The lowest BCUT2D eigenvalue weighted by Gasteiger charge is -2.51. The highest BCUT2D eigenvalue weighted by Crippen LogP contribution is 2.39. The molecule has 1 aliphatic carbocycles. The summed E-state index contributed by atoms with van der Waals surface area (Å²) in [4.78, 5) is 9.86. The number of nitrogens with zero attached hydrogens (tertiary/aromatic N) is 3. The smallest absolute Gasteiger partial charge is 0.193 e. The van der Waals surface area contributed by atoms with Crippen LogP contribution in [0.3, 0.4) is 0 Å². The van der Waals surface area contributed by atoms with Gasteiger partial charge in [0, 0.05) is 57.3 Å². The van der Waals surface area contributed by atoms with Crippen LogP contribution in [0.4, 0.5) is 0 Å². The first-order valence-electron chi connectivity index (χ1n) is 11.4. The molecule has 1 atom stereocenters. The number of aliphatic imine (C=N–C) groups is 1. The van der Waals surface area contributed by atoms with Crippen molar-refractivity contribution >= 4 is 29.9 Å². The highest BCUT2D eigenvalue weighted by atomic mass is 127. The molecule has 1 spiro atoms. The molecule has 4 fully saturated rings. The Bertz CT molecular complexity index is 571. The largest absolute Gasteiger partial charge is 0.381 e. The molecule has 4 aliphatic rings.